The van der Waals surface area contributed by atoms with Gasteiger partial charge < -0.3 is 15.4 Å². The Hall–Kier alpha value is -1.99. The van der Waals surface area contributed by atoms with Gasteiger partial charge in [-0.1, -0.05) is 6.07 Å². The monoisotopic (exact) mass is 349 g/mol. The summed E-state index contributed by atoms with van der Waals surface area (Å²) in [7, 11) is 0. The van der Waals surface area contributed by atoms with Gasteiger partial charge in [0.05, 0.1) is 18.1 Å². The highest BCUT2D eigenvalue weighted by atomic mass is 19.1. The molecule has 2 aliphatic rings. The van der Waals surface area contributed by atoms with Crippen LogP contribution in [0.25, 0.3) is 0 Å². The van der Waals surface area contributed by atoms with Crippen LogP contribution in [0.15, 0.2) is 18.2 Å². The molecule has 1 aromatic carbocycles. The first kappa shape index (κ1) is 17.8. The highest BCUT2D eigenvalue weighted by Crippen LogP contribution is 2.32. The van der Waals surface area contributed by atoms with Gasteiger partial charge in [-0.15, -0.1) is 0 Å². The van der Waals surface area contributed by atoms with Crippen LogP contribution in [0.4, 0.5) is 10.1 Å². The standard InChI is InChI=1S/C18H24FN3O3/c1-11-9-22(10-12(2)25-11)6-5-20-18(24)15-8-17(23)21-16-7-13(19)3-4-14(15)16/h3-4,7,11-12,15H,5-6,8-10H2,1-2H3,(H,20,24)(H,21,23)/t11-,12+,15-/m1/s1. The SMILES string of the molecule is C[C@@H]1CN(CCNC(=O)[C@@H]2CC(=O)Nc3cc(F)ccc32)C[C@H](C)O1. The van der Waals surface area contributed by atoms with Gasteiger partial charge in [-0.2, -0.15) is 0 Å². The first-order valence-electron chi connectivity index (χ1n) is 8.67. The van der Waals surface area contributed by atoms with Crippen LogP contribution in [-0.4, -0.2) is 55.1 Å². The minimum absolute atomic E-state index is 0.0795. The summed E-state index contributed by atoms with van der Waals surface area (Å²) >= 11 is 0. The maximum atomic E-state index is 13.4. The molecule has 3 atom stereocenters. The van der Waals surface area contributed by atoms with Gasteiger partial charge in [-0.25, -0.2) is 4.39 Å². The first-order chi connectivity index (χ1) is 11.9. The normalized spacial score (nSPS) is 26.7. The van der Waals surface area contributed by atoms with E-state index in [1.54, 1.807) is 6.07 Å². The summed E-state index contributed by atoms with van der Waals surface area (Å²) in [6, 6.07) is 4.13. The number of ether oxygens (including phenoxy) is 1. The van der Waals surface area contributed by atoms with Gasteiger partial charge in [-0.05, 0) is 31.5 Å². The third-order valence-electron chi connectivity index (χ3n) is 4.59. The van der Waals surface area contributed by atoms with E-state index in [4.69, 9.17) is 4.74 Å². The molecule has 2 aliphatic heterocycles. The molecule has 0 aromatic heterocycles. The van der Waals surface area contributed by atoms with E-state index in [-0.39, 0.29) is 30.4 Å². The Bertz CT molecular complexity index is 657. The van der Waals surface area contributed by atoms with Gasteiger partial charge in [0.15, 0.2) is 0 Å². The molecule has 0 bridgehead atoms. The lowest BCUT2D eigenvalue weighted by Gasteiger charge is -2.35. The number of carbonyl (C=O) groups excluding carboxylic acids is 2. The summed E-state index contributed by atoms with van der Waals surface area (Å²) in [5.74, 6) is -1.48. The van der Waals surface area contributed by atoms with Crippen molar-refractivity contribution in [2.75, 3.05) is 31.5 Å². The molecule has 2 N–H and O–H groups in total. The van der Waals surface area contributed by atoms with E-state index in [9.17, 15) is 14.0 Å². The molecule has 7 heteroatoms. The minimum Gasteiger partial charge on any atom is -0.373 e. The average molecular weight is 349 g/mol. The Kier molecular flexibility index (Phi) is 5.34. The van der Waals surface area contributed by atoms with E-state index >= 15 is 0 Å². The number of amides is 2. The highest BCUT2D eigenvalue weighted by molar-refractivity contribution is 6.01. The summed E-state index contributed by atoms with van der Waals surface area (Å²) in [6.07, 6.45) is 0.447. The van der Waals surface area contributed by atoms with Crippen LogP contribution >= 0.6 is 0 Å². The predicted molar refractivity (Wildman–Crippen MR) is 91.8 cm³/mol. The van der Waals surface area contributed by atoms with Gasteiger partial charge in [0.2, 0.25) is 11.8 Å². The summed E-state index contributed by atoms with van der Waals surface area (Å²) in [5.41, 5.74) is 1.04. The van der Waals surface area contributed by atoms with Gasteiger partial charge >= 0.3 is 0 Å². The lowest BCUT2D eigenvalue weighted by Crippen LogP contribution is -2.48. The van der Waals surface area contributed by atoms with Gasteiger partial charge in [0, 0.05) is 38.3 Å². The fourth-order valence-corrected chi connectivity index (χ4v) is 3.60. The molecule has 136 valence electrons. The second-order valence-electron chi connectivity index (χ2n) is 6.84. The molecular formula is C18H24FN3O3. The third kappa shape index (κ3) is 4.35. The van der Waals surface area contributed by atoms with Crippen molar-refractivity contribution in [2.24, 2.45) is 0 Å². The Morgan fingerprint density at radius 2 is 2.08 bits per heavy atom. The molecular weight excluding hydrogens is 325 g/mol. The number of morpholine rings is 1. The van der Waals surface area contributed by atoms with E-state index in [2.05, 4.69) is 15.5 Å². The number of nitrogens with zero attached hydrogens (tertiary/aromatic N) is 1. The molecule has 1 saturated heterocycles. The molecule has 0 radical (unpaired) electrons. The minimum atomic E-state index is -0.577. The largest absolute Gasteiger partial charge is 0.373 e. The van der Waals surface area contributed by atoms with Crippen molar-refractivity contribution >= 4 is 17.5 Å². The predicted octanol–water partition coefficient (Wildman–Crippen LogP) is 1.48. The molecule has 1 fully saturated rings. The quantitative estimate of drug-likeness (QED) is 0.864. The zero-order chi connectivity index (χ0) is 18.0. The average Bonchev–Trinajstić information content (AvgIpc) is 2.52. The molecule has 25 heavy (non-hydrogen) atoms. The number of anilines is 1. The van der Waals surface area contributed by atoms with Crippen molar-refractivity contribution in [3.05, 3.63) is 29.6 Å². The van der Waals surface area contributed by atoms with Gasteiger partial charge in [0.25, 0.3) is 0 Å². The van der Waals surface area contributed by atoms with Crippen molar-refractivity contribution in [3.8, 4) is 0 Å². The summed E-state index contributed by atoms with van der Waals surface area (Å²) in [6.45, 7) is 7.00. The lowest BCUT2D eigenvalue weighted by molar-refractivity contribution is -0.126. The number of rotatable bonds is 4. The van der Waals surface area contributed by atoms with Crippen LogP contribution in [0.2, 0.25) is 0 Å². The number of fused-ring (bicyclic) bond motifs is 1. The topological polar surface area (TPSA) is 70.7 Å². The molecule has 0 aliphatic carbocycles. The number of hydrogen-bond donors (Lipinski definition) is 2. The Labute approximate surface area is 146 Å². The highest BCUT2D eigenvalue weighted by Gasteiger charge is 2.31. The van der Waals surface area contributed by atoms with E-state index in [1.165, 1.54) is 12.1 Å². The smallest absolute Gasteiger partial charge is 0.228 e. The molecule has 0 saturated carbocycles. The Morgan fingerprint density at radius 3 is 2.80 bits per heavy atom. The van der Waals surface area contributed by atoms with Gasteiger partial charge in [0.1, 0.15) is 5.82 Å². The molecule has 0 unspecified atom stereocenters. The third-order valence-corrected chi connectivity index (χ3v) is 4.59. The van der Waals surface area contributed by atoms with Gasteiger partial charge in [-0.3, -0.25) is 14.5 Å². The molecule has 6 nitrogen and oxygen atoms in total. The summed E-state index contributed by atoms with van der Waals surface area (Å²) < 4.78 is 19.0. The van der Waals surface area contributed by atoms with Crippen molar-refractivity contribution in [1.82, 2.24) is 10.2 Å². The fourth-order valence-electron chi connectivity index (χ4n) is 3.60. The van der Waals surface area contributed by atoms with Crippen LogP contribution in [0, 0.1) is 5.82 Å². The first-order valence-corrected chi connectivity index (χ1v) is 8.67. The summed E-state index contributed by atoms with van der Waals surface area (Å²) in [4.78, 5) is 26.6. The number of carbonyl (C=O) groups is 2. The molecule has 0 spiro atoms. The Morgan fingerprint density at radius 1 is 1.36 bits per heavy atom. The molecule has 3 rings (SSSR count). The molecule has 2 heterocycles. The van der Waals surface area contributed by atoms with Crippen molar-refractivity contribution in [3.63, 3.8) is 0 Å². The number of halogens is 1. The van der Waals surface area contributed by atoms with Crippen LogP contribution in [0.3, 0.4) is 0 Å². The van der Waals surface area contributed by atoms with Crippen LogP contribution in [-0.2, 0) is 14.3 Å². The zero-order valence-corrected chi connectivity index (χ0v) is 14.5. The van der Waals surface area contributed by atoms with Crippen LogP contribution in [0.5, 0.6) is 0 Å². The van der Waals surface area contributed by atoms with Crippen LogP contribution < -0.4 is 10.6 Å². The van der Waals surface area contributed by atoms with E-state index in [1.807, 2.05) is 13.8 Å². The summed E-state index contributed by atoms with van der Waals surface area (Å²) in [5, 5.41) is 5.53. The number of hydrogen-bond acceptors (Lipinski definition) is 4. The van der Waals surface area contributed by atoms with Crippen molar-refractivity contribution in [1.29, 1.82) is 0 Å². The van der Waals surface area contributed by atoms with Crippen molar-refractivity contribution in [2.45, 2.75) is 38.4 Å². The number of nitrogens with one attached hydrogen (secondary N) is 2. The second-order valence-corrected chi connectivity index (χ2v) is 6.84. The number of benzene rings is 1. The molecule has 2 amide bonds. The van der Waals surface area contributed by atoms with E-state index in [0.717, 1.165) is 19.6 Å². The van der Waals surface area contributed by atoms with E-state index < -0.39 is 11.7 Å². The second kappa shape index (κ2) is 7.49. The van der Waals surface area contributed by atoms with Crippen LogP contribution in [0.1, 0.15) is 31.7 Å². The Balaban J connectivity index is 1.58. The maximum Gasteiger partial charge on any atom is 0.228 e. The van der Waals surface area contributed by atoms with E-state index in [0.29, 0.717) is 17.8 Å². The molecule has 1 aromatic rings. The van der Waals surface area contributed by atoms with Crippen molar-refractivity contribution < 1.29 is 18.7 Å². The fraction of sp³-hybridized carbons (Fsp3) is 0.556. The zero-order valence-electron chi connectivity index (χ0n) is 14.5. The maximum absolute atomic E-state index is 13.4. The lowest BCUT2D eigenvalue weighted by atomic mass is 9.89.